The molecule has 3 saturated heterocycles. The van der Waals surface area contributed by atoms with Crippen molar-refractivity contribution in [3.05, 3.63) is 49.6 Å². The summed E-state index contributed by atoms with van der Waals surface area (Å²) in [7, 11) is 0. The van der Waals surface area contributed by atoms with Crippen molar-refractivity contribution in [1.82, 2.24) is 9.80 Å². The molecule has 0 radical (unpaired) electrons. The van der Waals surface area contributed by atoms with Crippen molar-refractivity contribution < 1.29 is 24.2 Å². The first kappa shape index (κ1) is 35.7. The number of carbonyl (C=O) groups is 3. The number of likely N-dealkylation sites (tertiary alicyclic amines) is 1. The highest BCUT2D eigenvalue weighted by Crippen LogP contribution is 2.65. The Kier molecular flexibility index (Phi) is 11.4. The second kappa shape index (κ2) is 14.7. The van der Waals surface area contributed by atoms with Gasteiger partial charge < -0.3 is 29.4 Å². The van der Waals surface area contributed by atoms with E-state index in [0.717, 1.165) is 25.2 Å². The Morgan fingerprint density at radius 1 is 1.02 bits per heavy atom. The molecule has 2 bridgehead atoms. The Morgan fingerprint density at radius 3 is 2.17 bits per heavy atom. The minimum absolute atomic E-state index is 0.115. The monoisotopic (exact) mass is 636 g/mol. The molecule has 1 N–H and O–H groups in total. The Labute approximate surface area is 276 Å². The lowest BCUT2D eigenvalue weighted by Crippen LogP contribution is -2.59. The van der Waals surface area contributed by atoms with Gasteiger partial charge in [-0.25, -0.2) is 0 Å². The van der Waals surface area contributed by atoms with Gasteiger partial charge in [-0.3, -0.25) is 14.4 Å². The Bertz CT molecular complexity index is 1260. The van der Waals surface area contributed by atoms with E-state index in [1.807, 2.05) is 52.0 Å². The normalized spacial score (nSPS) is 27.1. The van der Waals surface area contributed by atoms with E-state index in [-0.39, 0.29) is 36.8 Å². The average molecular weight is 637 g/mol. The molecule has 3 amide bonds. The number of benzene rings is 1. The number of anilines is 2. The van der Waals surface area contributed by atoms with Crippen molar-refractivity contribution in [3.63, 3.8) is 0 Å². The Balaban J connectivity index is 1.85. The molecule has 3 aliphatic heterocycles. The van der Waals surface area contributed by atoms with Crippen LogP contribution in [0.1, 0.15) is 73.6 Å². The first-order valence-corrected chi connectivity index (χ1v) is 17.3. The molecule has 9 nitrogen and oxygen atoms in total. The first-order valence-electron chi connectivity index (χ1n) is 17.3. The molecular weight excluding hydrogens is 580 g/mol. The molecule has 2 unspecified atom stereocenters. The zero-order valence-corrected chi connectivity index (χ0v) is 28.9. The van der Waals surface area contributed by atoms with Crippen LogP contribution in [0.5, 0.6) is 0 Å². The number of fused-ring (bicyclic) bond motifs is 1. The van der Waals surface area contributed by atoms with E-state index in [4.69, 9.17) is 4.74 Å². The number of hydrogen-bond donors (Lipinski definition) is 1. The maximum Gasteiger partial charge on any atom is 0.253 e. The third-order valence-electron chi connectivity index (χ3n) is 10.5. The first-order chi connectivity index (χ1) is 22.0. The zero-order valence-electron chi connectivity index (χ0n) is 28.9. The van der Waals surface area contributed by atoms with E-state index >= 15 is 4.79 Å². The Hall–Kier alpha value is -3.17. The molecule has 1 spiro atoms. The minimum Gasteiger partial charge on any atom is -0.394 e. The quantitative estimate of drug-likeness (QED) is 0.241. The summed E-state index contributed by atoms with van der Waals surface area (Å²) in [6.45, 7) is 22.8. The van der Waals surface area contributed by atoms with Crippen molar-refractivity contribution in [2.45, 2.75) is 96.9 Å². The lowest BCUT2D eigenvalue weighted by molar-refractivity contribution is -0.154. The van der Waals surface area contributed by atoms with Gasteiger partial charge in [0.05, 0.1) is 30.1 Å². The van der Waals surface area contributed by atoms with Gasteiger partial charge in [-0.1, -0.05) is 39.8 Å². The van der Waals surface area contributed by atoms with E-state index in [1.165, 1.54) is 0 Å². The molecule has 9 heteroatoms. The van der Waals surface area contributed by atoms with Gasteiger partial charge in [-0.2, -0.15) is 0 Å². The molecule has 254 valence electrons. The highest BCUT2D eigenvalue weighted by atomic mass is 16.5. The molecule has 3 fully saturated rings. The van der Waals surface area contributed by atoms with Gasteiger partial charge >= 0.3 is 0 Å². The van der Waals surface area contributed by atoms with Crippen LogP contribution in [-0.2, 0) is 19.1 Å². The van der Waals surface area contributed by atoms with Crippen LogP contribution in [0, 0.1) is 17.8 Å². The predicted molar refractivity (Wildman–Crippen MR) is 184 cm³/mol. The maximum absolute atomic E-state index is 15.1. The summed E-state index contributed by atoms with van der Waals surface area (Å²) in [4.78, 5) is 51.6. The summed E-state index contributed by atoms with van der Waals surface area (Å²) >= 11 is 0. The average Bonchev–Trinajstić information content (AvgIpc) is 3.66. The maximum atomic E-state index is 15.1. The highest BCUT2D eigenvalue weighted by molar-refractivity contribution is 6.05. The van der Waals surface area contributed by atoms with Crippen LogP contribution in [-0.4, -0.2) is 95.2 Å². The summed E-state index contributed by atoms with van der Waals surface area (Å²) in [6, 6.07) is 6.32. The van der Waals surface area contributed by atoms with E-state index in [0.29, 0.717) is 44.5 Å². The summed E-state index contributed by atoms with van der Waals surface area (Å²) in [5.41, 5.74) is -0.255. The van der Waals surface area contributed by atoms with Crippen LogP contribution in [0.2, 0.25) is 0 Å². The number of aliphatic hydroxyl groups excluding tert-OH is 1. The minimum atomic E-state index is -1.18. The molecule has 3 aliphatic rings. The number of aliphatic hydroxyl groups is 1. The number of nitrogens with zero attached hydrogens (tertiary/aromatic N) is 4. The summed E-state index contributed by atoms with van der Waals surface area (Å²) < 4.78 is 7.04. The lowest BCUT2D eigenvalue weighted by atomic mass is 9.64. The number of ether oxygens (including phenoxy) is 1. The fourth-order valence-electron chi connectivity index (χ4n) is 8.47. The van der Waals surface area contributed by atoms with Crippen molar-refractivity contribution in [2.24, 2.45) is 17.8 Å². The summed E-state index contributed by atoms with van der Waals surface area (Å²) in [5.74, 6) is -2.02. The van der Waals surface area contributed by atoms with Gasteiger partial charge in [0, 0.05) is 44.1 Å². The van der Waals surface area contributed by atoms with Crippen LogP contribution in [0.3, 0.4) is 0 Å². The lowest BCUT2D eigenvalue weighted by Gasteiger charge is -2.40. The van der Waals surface area contributed by atoms with Gasteiger partial charge in [0.15, 0.2) is 0 Å². The SMILES string of the molecule is C=CCN(CCC)C(=O)[C@@H]1[C@H]2C(=O)N([C@@H](CO)CC(C)C)C(C(=O)N(CC=C)c3ccc(N(CC)CC)cc3)C23CC[C@@]1(CC)O3. The molecule has 3 heterocycles. The highest BCUT2D eigenvalue weighted by Gasteiger charge is 2.79. The van der Waals surface area contributed by atoms with Crippen LogP contribution in [0.4, 0.5) is 11.4 Å². The zero-order chi connectivity index (χ0) is 33.8. The van der Waals surface area contributed by atoms with Gasteiger partial charge in [0.1, 0.15) is 11.6 Å². The molecule has 0 saturated carbocycles. The topological polar surface area (TPSA) is 93.6 Å². The van der Waals surface area contributed by atoms with Crippen molar-refractivity contribution in [3.8, 4) is 0 Å². The van der Waals surface area contributed by atoms with Gasteiger partial charge in [0.2, 0.25) is 11.8 Å². The number of carbonyl (C=O) groups excluding carboxylic acids is 3. The standard InChI is InChI=1S/C37H56N4O5/c1-9-21-39(22-10-2)33(43)30-31-34(44)41(29(25-42)24-26(7)8)32(37(31)20-19-36(30,12-4)46-37)35(45)40(23-11-3)28-17-15-27(16-18-28)38(13-5)14-6/h9,11,15-18,26,29-32,42H,1,3,10,12-14,19-25H2,2,4-8H3/t29-,30+,31+,32?,36-,37?/m1/s1. The predicted octanol–water partition coefficient (Wildman–Crippen LogP) is 5.04. The fourth-order valence-corrected chi connectivity index (χ4v) is 8.47. The molecular formula is C37H56N4O5. The van der Waals surface area contributed by atoms with E-state index < -0.39 is 35.1 Å². The van der Waals surface area contributed by atoms with E-state index in [2.05, 4.69) is 31.9 Å². The second-order valence-corrected chi connectivity index (χ2v) is 13.5. The Morgan fingerprint density at radius 2 is 1.65 bits per heavy atom. The van der Waals surface area contributed by atoms with Gasteiger partial charge in [-0.05, 0) is 76.1 Å². The molecule has 0 aliphatic carbocycles. The fraction of sp³-hybridized carbons (Fsp3) is 0.649. The molecule has 6 atom stereocenters. The molecule has 1 aromatic rings. The third kappa shape index (κ3) is 6.01. The molecule has 4 rings (SSSR count). The molecule has 1 aromatic carbocycles. The van der Waals surface area contributed by atoms with Crippen LogP contribution in [0.25, 0.3) is 0 Å². The van der Waals surface area contributed by atoms with Crippen LogP contribution < -0.4 is 9.80 Å². The summed E-state index contributed by atoms with van der Waals surface area (Å²) in [5, 5.41) is 10.7. The molecule has 46 heavy (non-hydrogen) atoms. The van der Waals surface area contributed by atoms with Crippen molar-refractivity contribution in [1.29, 1.82) is 0 Å². The van der Waals surface area contributed by atoms with Crippen molar-refractivity contribution >= 4 is 29.1 Å². The number of hydrogen-bond acceptors (Lipinski definition) is 6. The van der Waals surface area contributed by atoms with Crippen molar-refractivity contribution in [2.75, 3.05) is 49.1 Å². The number of amides is 3. The van der Waals surface area contributed by atoms with Crippen LogP contribution in [0.15, 0.2) is 49.6 Å². The van der Waals surface area contributed by atoms with Gasteiger partial charge in [-0.15, -0.1) is 13.2 Å². The van der Waals surface area contributed by atoms with E-state index in [1.54, 1.807) is 26.9 Å². The smallest absolute Gasteiger partial charge is 0.253 e. The molecule has 0 aromatic heterocycles. The summed E-state index contributed by atoms with van der Waals surface area (Å²) in [6.07, 6.45) is 6.33. The third-order valence-corrected chi connectivity index (χ3v) is 10.5. The second-order valence-electron chi connectivity index (χ2n) is 13.5. The van der Waals surface area contributed by atoms with E-state index in [9.17, 15) is 14.7 Å². The van der Waals surface area contributed by atoms with Gasteiger partial charge in [0.25, 0.3) is 5.91 Å². The van der Waals surface area contributed by atoms with Crippen LogP contribution >= 0.6 is 0 Å². The number of rotatable bonds is 17. The largest absolute Gasteiger partial charge is 0.394 e.